The van der Waals surface area contributed by atoms with E-state index in [0.717, 1.165) is 35.0 Å². The fourth-order valence-corrected chi connectivity index (χ4v) is 6.42. The van der Waals surface area contributed by atoms with Gasteiger partial charge in [0.25, 0.3) is 5.91 Å². The van der Waals surface area contributed by atoms with Crippen LogP contribution < -0.4 is 5.32 Å². The average molecular weight is 482 g/mol. The number of carbonyl (C=O) groups is 1. The zero-order chi connectivity index (χ0) is 23.6. The minimum Gasteiger partial charge on any atom is -0.301 e. The van der Waals surface area contributed by atoms with Gasteiger partial charge in [-0.3, -0.25) is 14.8 Å². The number of aliphatic imine (C=N–C) groups is 1. The van der Waals surface area contributed by atoms with Gasteiger partial charge in [0.05, 0.1) is 16.5 Å². The lowest BCUT2D eigenvalue weighted by Gasteiger charge is -2.21. The second-order valence-electron chi connectivity index (χ2n) is 10.1. The summed E-state index contributed by atoms with van der Waals surface area (Å²) in [5.41, 5.74) is 4.76. The molecule has 2 aliphatic carbocycles. The van der Waals surface area contributed by atoms with Crippen LogP contribution in [0.2, 0.25) is 0 Å². The van der Waals surface area contributed by atoms with E-state index in [2.05, 4.69) is 58.8 Å². The first kappa shape index (κ1) is 22.5. The smallest absolute Gasteiger partial charge is 0.264 e. The molecule has 0 unspecified atom stereocenters. The van der Waals surface area contributed by atoms with E-state index in [1.54, 1.807) is 0 Å². The molecule has 6 rings (SSSR count). The topological polar surface area (TPSA) is 54.4 Å². The third-order valence-electron chi connectivity index (χ3n) is 7.62. The van der Waals surface area contributed by atoms with Gasteiger partial charge in [-0.2, -0.15) is 0 Å². The van der Waals surface area contributed by atoms with Crippen LogP contribution in [0.4, 0.5) is 0 Å². The molecule has 2 aromatic carbocycles. The maximum atomic E-state index is 12.7. The van der Waals surface area contributed by atoms with Crippen molar-refractivity contribution in [1.82, 2.24) is 10.3 Å². The molecular formula is C30H31N3OS. The Bertz CT molecular complexity index is 1290. The van der Waals surface area contributed by atoms with E-state index >= 15 is 0 Å². The fraction of sp³-hybridized carbons (Fsp3) is 0.367. The molecule has 1 amide bonds. The van der Waals surface area contributed by atoms with E-state index in [1.807, 2.05) is 18.3 Å². The minimum atomic E-state index is -0.0607. The van der Waals surface area contributed by atoms with Crippen molar-refractivity contribution in [2.75, 3.05) is 0 Å². The molecule has 3 aromatic rings. The van der Waals surface area contributed by atoms with Crippen molar-refractivity contribution >= 4 is 39.8 Å². The van der Waals surface area contributed by atoms with Crippen LogP contribution >= 0.6 is 11.8 Å². The number of aromatic nitrogens is 1. The summed E-state index contributed by atoms with van der Waals surface area (Å²) in [5, 5.41) is 4.90. The van der Waals surface area contributed by atoms with Crippen LogP contribution in [-0.4, -0.2) is 22.1 Å². The molecule has 1 aliphatic heterocycles. The first-order chi connectivity index (χ1) is 17.2. The maximum absolute atomic E-state index is 12.7. The molecule has 1 aromatic heterocycles. The number of hydrogen-bond acceptors (Lipinski definition) is 4. The van der Waals surface area contributed by atoms with E-state index in [9.17, 15) is 4.79 Å². The van der Waals surface area contributed by atoms with Crippen LogP contribution in [0, 0.1) is 5.92 Å². The molecule has 3 aliphatic rings. The molecule has 1 N–H and O–H groups in total. The van der Waals surface area contributed by atoms with Gasteiger partial charge >= 0.3 is 0 Å². The molecular weight excluding hydrogens is 450 g/mol. The lowest BCUT2D eigenvalue weighted by atomic mass is 9.85. The van der Waals surface area contributed by atoms with Crippen LogP contribution in [0.25, 0.3) is 17.0 Å². The summed E-state index contributed by atoms with van der Waals surface area (Å²) in [5.74, 6) is 1.27. The summed E-state index contributed by atoms with van der Waals surface area (Å²) in [6.07, 6.45) is 14.3. The molecule has 0 radical (unpaired) electrons. The van der Waals surface area contributed by atoms with E-state index < -0.39 is 0 Å². The van der Waals surface area contributed by atoms with Crippen molar-refractivity contribution in [3.05, 3.63) is 82.4 Å². The Kier molecular flexibility index (Phi) is 6.43. The molecule has 0 spiro atoms. The fourth-order valence-electron chi connectivity index (χ4n) is 5.54. The highest BCUT2D eigenvalue weighted by molar-refractivity contribution is 8.18. The number of aryl methyl sites for hydroxylation is 1. The number of fused-ring (bicyclic) bond motifs is 1. The predicted octanol–water partition coefficient (Wildman–Crippen LogP) is 6.86. The highest BCUT2D eigenvalue weighted by atomic mass is 32.2. The summed E-state index contributed by atoms with van der Waals surface area (Å²) in [7, 11) is 0. The molecule has 5 heteroatoms. The normalized spacial score (nSPS) is 24.9. The number of amides is 1. The summed E-state index contributed by atoms with van der Waals surface area (Å²) < 4.78 is 0. The quantitative estimate of drug-likeness (QED) is 0.391. The number of nitrogens with one attached hydrogen (secondary N) is 1. The lowest BCUT2D eigenvalue weighted by molar-refractivity contribution is -0.115. The molecule has 35 heavy (non-hydrogen) atoms. The first-order valence-corrected chi connectivity index (χ1v) is 13.8. The van der Waals surface area contributed by atoms with Crippen LogP contribution in [-0.2, 0) is 11.2 Å². The third kappa shape index (κ3) is 5.20. The van der Waals surface area contributed by atoms with Crippen LogP contribution in [0.3, 0.4) is 0 Å². The van der Waals surface area contributed by atoms with Gasteiger partial charge in [-0.1, -0.05) is 68.5 Å². The number of thioether (sulfide) groups is 1. The Hall–Kier alpha value is -2.92. The van der Waals surface area contributed by atoms with Gasteiger partial charge in [0.2, 0.25) is 0 Å². The van der Waals surface area contributed by atoms with E-state index in [1.165, 1.54) is 66.8 Å². The number of nitrogens with zero attached hydrogens (tertiary/aromatic N) is 2. The van der Waals surface area contributed by atoms with Gasteiger partial charge in [0.15, 0.2) is 5.17 Å². The number of carbonyl (C=O) groups excluding carboxylic acids is 1. The zero-order valence-electron chi connectivity index (χ0n) is 20.0. The minimum absolute atomic E-state index is 0.0607. The number of amidine groups is 1. The SMILES string of the molecule is O=C1NC(=N[C@H]2C[C@@H]2c2ccccc2)SC1=Cc1ccc2nccc(CCC3CCCCC3)c2c1. The Morgan fingerprint density at radius 1 is 1.06 bits per heavy atom. The summed E-state index contributed by atoms with van der Waals surface area (Å²) in [6.45, 7) is 0. The first-order valence-electron chi connectivity index (χ1n) is 12.9. The summed E-state index contributed by atoms with van der Waals surface area (Å²) >= 11 is 1.45. The van der Waals surface area contributed by atoms with Crippen molar-refractivity contribution in [3.8, 4) is 0 Å². The molecule has 178 valence electrons. The average Bonchev–Trinajstić information content (AvgIpc) is 3.58. The number of benzene rings is 2. The van der Waals surface area contributed by atoms with Gasteiger partial charge in [-0.05, 0) is 77.9 Å². The molecule has 2 atom stereocenters. The third-order valence-corrected chi connectivity index (χ3v) is 8.54. The second-order valence-corrected chi connectivity index (χ2v) is 11.1. The molecule has 0 bridgehead atoms. The van der Waals surface area contributed by atoms with Crippen LogP contribution in [0.1, 0.15) is 67.6 Å². The Morgan fingerprint density at radius 2 is 1.91 bits per heavy atom. The van der Waals surface area contributed by atoms with Gasteiger partial charge in [0, 0.05) is 17.5 Å². The second kappa shape index (κ2) is 9.98. The van der Waals surface area contributed by atoms with Crippen molar-refractivity contribution in [2.45, 2.75) is 63.3 Å². The molecule has 2 heterocycles. The van der Waals surface area contributed by atoms with Crippen LogP contribution in [0.15, 0.2) is 70.7 Å². The molecule has 3 fully saturated rings. The van der Waals surface area contributed by atoms with Crippen LogP contribution in [0.5, 0.6) is 0 Å². The van der Waals surface area contributed by atoms with Crippen molar-refractivity contribution < 1.29 is 4.79 Å². The van der Waals surface area contributed by atoms with Gasteiger partial charge in [0.1, 0.15) is 0 Å². The Morgan fingerprint density at radius 3 is 2.77 bits per heavy atom. The standard InChI is InChI=1S/C30H31N3OS/c34-29-28(35-30(33-29)32-27-19-25(27)22-9-5-2-6-10-22)18-21-12-14-26-24(17-21)23(15-16-31-26)13-11-20-7-3-1-4-8-20/h2,5-6,9-10,12,14-18,20,25,27H,1,3-4,7-8,11,13,19H2,(H,32,33,34)/t25-,27+/m1/s1. The molecule has 1 saturated heterocycles. The monoisotopic (exact) mass is 481 g/mol. The van der Waals surface area contributed by atoms with E-state index in [0.29, 0.717) is 10.8 Å². The lowest BCUT2D eigenvalue weighted by Crippen LogP contribution is -2.20. The van der Waals surface area contributed by atoms with Gasteiger partial charge < -0.3 is 5.32 Å². The molecule has 2 saturated carbocycles. The summed E-state index contributed by atoms with van der Waals surface area (Å²) in [4.78, 5) is 22.8. The number of pyridine rings is 1. The van der Waals surface area contributed by atoms with Gasteiger partial charge in [-0.15, -0.1) is 0 Å². The van der Waals surface area contributed by atoms with E-state index in [4.69, 9.17) is 4.99 Å². The van der Waals surface area contributed by atoms with E-state index in [-0.39, 0.29) is 11.9 Å². The largest absolute Gasteiger partial charge is 0.301 e. The van der Waals surface area contributed by atoms with Crippen molar-refractivity contribution in [2.24, 2.45) is 10.9 Å². The number of hydrogen-bond donors (Lipinski definition) is 1. The highest BCUT2D eigenvalue weighted by Crippen LogP contribution is 2.44. The Labute approximate surface area is 211 Å². The predicted molar refractivity (Wildman–Crippen MR) is 145 cm³/mol. The van der Waals surface area contributed by atoms with Crippen molar-refractivity contribution in [3.63, 3.8) is 0 Å². The summed E-state index contributed by atoms with van der Waals surface area (Å²) in [6, 6.07) is 19.3. The van der Waals surface area contributed by atoms with Crippen molar-refractivity contribution in [1.29, 1.82) is 0 Å². The van der Waals surface area contributed by atoms with Gasteiger partial charge in [-0.25, -0.2) is 0 Å². The Balaban J connectivity index is 1.17. The highest BCUT2D eigenvalue weighted by Gasteiger charge is 2.39. The zero-order valence-corrected chi connectivity index (χ0v) is 20.8. The maximum Gasteiger partial charge on any atom is 0.264 e. The molecule has 4 nitrogen and oxygen atoms in total. The number of rotatable bonds is 6.